The molecule has 5 nitrogen and oxygen atoms in total. The Labute approximate surface area is 110 Å². The van der Waals surface area contributed by atoms with Crippen LogP contribution in [0.5, 0.6) is 0 Å². The van der Waals surface area contributed by atoms with E-state index < -0.39 is 0 Å². The Morgan fingerprint density at radius 1 is 1.37 bits per heavy atom. The standard InChI is InChI=1S/C14H13N3O2/c15-6-10-5-13(16-7-10)14(19)17-8-11-3-1-2-4-12(11)9-18/h1-5,7,16,18H,8-9H2,(H,17,19). The lowest BCUT2D eigenvalue weighted by atomic mass is 10.1. The molecule has 0 aliphatic heterocycles. The quantitative estimate of drug-likeness (QED) is 0.769. The van der Waals surface area contributed by atoms with E-state index in [0.29, 0.717) is 17.8 Å². The summed E-state index contributed by atoms with van der Waals surface area (Å²) < 4.78 is 0. The number of aromatic amines is 1. The highest BCUT2D eigenvalue weighted by atomic mass is 16.3. The van der Waals surface area contributed by atoms with Crippen LogP contribution in [0.4, 0.5) is 0 Å². The third-order valence-corrected chi connectivity index (χ3v) is 2.78. The molecule has 0 fully saturated rings. The number of aromatic nitrogens is 1. The summed E-state index contributed by atoms with van der Waals surface area (Å²) >= 11 is 0. The minimum Gasteiger partial charge on any atom is -0.392 e. The number of nitrogens with one attached hydrogen (secondary N) is 2. The largest absolute Gasteiger partial charge is 0.392 e. The van der Waals surface area contributed by atoms with Gasteiger partial charge in [-0.2, -0.15) is 5.26 Å². The van der Waals surface area contributed by atoms with Crippen molar-refractivity contribution in [1.82, 2.24) is 10.3 Å². The average Bonchev–Trinajstić information content (AvgIpc) is 2.94. The van der Waals surface area contributed by atoms with Gasteiger partial charge in [0.05, 0.1) is 12.2 Å². The van der Waals surface area contributed by atoms with Crippen LogP contribution in [0.2, 0.25) is 0 Å². The van der Waals surface area contributed by atoms with Gasteiger partial charge in [-0.05, 0) is 17.2 Å². The molecule has 19 heavy (non-hydrogen) atoms. The van der Waals surface area contributed by atoms with Gasteiger partial charge in [0.2, 0.25) is 0 Å². The molecule has 2 aromatic rings. The number of rotatable bonds is 4. The van der Waals surface area contributed by atoms with Gasteiger partial charge in [0.15, 0.2) is 0 Å². The number of carbonyl (C=O) groups excluding carboxylic acids is 1. The lowest BCUT2D eigenvalue weighted by Gasteiger charge is -2.08. The lowest BCUT2D eigenvalue weighted by molar-refractivity contribution is 0.0946. The molecule has 0 unspecified atom stereocenters. The number of aliphatic hydroxyl groups is 1. The summed E-state index contributed by atoms with van der Waals surface area (Å²) in [5, 5.41) is 20.6. The van der Waals surface area contributed by atoms with Crippen molar-refractivity contribution in [2.24, 2.45) is 0 Å². The maximum absolute atomic E-state index is 11.8. The monoisotopic (exact) mass is 255 g/mol. The number of hydrogen-bond acceptors (Lipinski definition) is 3. The fourth-order valence-corrected chi connectivity index (χ4v) is 1.74. The second-order valence-corrected chi connectivity index (χ2v) is 4.02. The normalized spacial score (nSPS) is 9.89. The summed E-state index contributed by atoms with van der Waals surface area (Å²) in [5.74, 6) is -0.283. The summed E-state index contributed by atoms with van der Waals surface area (Å²) in [6.07, 6.45) is 1.48. The minimum absolute atomic E-state index is 0.0624. The van der Waals surface area contributed by atoms with Gasteiger partial charge in [-0.25, -0.2) is 0 Å². The van der Waals surface area contributed by atoms with E-state index in [0.717, 1.165) is 11.1 Å². The highest BCUT2D eigenvalue weighted by Gasteiger charge is 2.09. The third kappa shape index (κ3) is 3.00. The predicted molar refractivity (Wildman–Crippen MR) is 69.0 cm³/mol. The zero-order valence-corrected chi connectivity index (χ0v) is 10.2. The fourth-order valence-electron chi connectivity index (χ4n) is 1.74. The number of nitrogens with zero attached hydrogens (tertiary/aromatic N) is 1. The molecule has 3 N–H and O–H groups in total. The predicted octanol–water partition coefficient (Wildman–Crippen LogP) is 1.31. The zero-order valence-electron chi connectivity index (χ0n) is 10.2. The van der Waals surface area contributed by atoms with Crippen molar-refractivity contribution in [3.8, 4) is 6.07 Å². The Morgan fingerprint density at radius 3 is 2.74 bits per heavy atom. The van der Waals surface area contributed by atoms with E-state index in [1.54, 1.807) is 0 Å². The molecular formula is C14H13N3O2. The van der Waals surface area contributed by atoms with E-state index in [2.05, 4.69) is 10.3 Å². The number of nitriles is 1. The molecule has 0 atom stereocenters. The molecular weight excluding hydrogens is 242 g/mol. The van der Waals surface area contributed by atoms with Crippen LogP contribution in [-0.4, -0.2) is 16.0 Å². The third-order valence-electron chi connectivity index (χ3n) is 2.78. The van der Waals surface area contributed by atoms with Gasteiger partial charge < -0.3 is 15.4 Å². The number of amides is 1. The first-order valence-corrected chi connectivity index (χ1v) is 5.79. The molecule has 0 aliphatic rings. The summed E-state index contributed by atoms with van der Waals surface area (Å²) in [4.78, 5) is 14.6. The second kappa shape index (κ2) is 5.85. The van der Waals surface area contributed by atoms with E-state index in [4.69, 9.17) is 5.26 Å². The molecule has 1 amide bonds. The topological polar surface area (TPSA) is 88.9 Å². The van der Waals surface area contributed by atoms with E-state index in [1.807, 2.05) is 30.3 Å². The van der Waals surface area contributed by atoms with Crippen LogP contribution in [0.15, 0.2) is 36.5 Å². The summed E-state index contributed by atoms with van der Waals surface area (Å²) in [5.41, 5.74) is 2.41. The lowest BCUT2D eigenvalue weighted by Crippen LogP contribution is -2.23. The maximum atomic E-state index is 11.8. The molecule has 0 aliphatic carbocycles. The van der Waals surface area contributed by atoms with Crippen LogP contribution in [0.1, 0.15) is 27.2 Å². The first kappa shape index (κ1) is 12.9. The SMILES string of the molecule is N#Cc1c[nH]c(C(=O)NCc2ccccc2CO)c1. The zero-order chi connectivity index (χ0) is 13.7. The first-order chi connectivity index (χ1) is 9.24. The van der Waals surface area contributed by atoms with E-state index in [9.17, 15) is 9.90 Å². The highest BCUT2D eigenvalue weighted by molar-refractivity contribution is 5.92. The van der Waals surface area contributed by atoms with Crippen molar-refractivity contribution in [3.05, 3.63) is 58.9 Å². The molecule has 0 saturated carbocycles. The number of aliphatic hydroxyl groups excluding tert-OH is 1. The molecule has 1 aromatic heterocycles. The smallest absolute Gasteiger partial charge is 0.268 e. The van der Waals surface area contributed by atoms with Crippen LogP contribution in [0, 0.1) is 11.3 Å². The Bertz CT molecular complexity index is 626. The van der Waals surface area contributed by atoms with Gasteiger partial charge in [-0.15, -0.1) is 0 Å². The Kier molecular flexibility index (Phi) is 3.96. The molecule has 2 rings (SSSR count). The number of benzene rings is 1. The van der Waals surface area contributed by atoms with Gasteiger partial charge in [0.1, 0.15) is 11.8 Å². The molecule has 1 aromatic carbocycles. The van der Waals surface area contributed by atoms with Crippen molar-refractivity contribution >= 4 is 5.91 Å². The Morgan fingerprint density at radius 2 is 2.11 bits per heavy atom. The van der Waals surface area contributed by atoms with Gasteiger partial charge >= 0.3 is 0 Å². The van der Waals surface area contributed by atoms with Crippen LogP contribution in [0.25, 0.3) is 0 Å². The van der Waals surface area contributed by atoms with Crippen LogP contribution in [0.3, 0.4) is 0 Å². The summed E-state index contributed by atoms with van der Waals surface area (Å²) in [6, 6.07) is 10.8. The summed E-state index contributed by atoms with van der Waals surface area (Å²) in [7, 11) is 0. The van der Waals surface area contributed by atoms with Crippen molar-refractivity contribution in [3.63, 3.8) is 0 Å². The molecule has 0 bridgehead atoms. The second-order valence-electron chi connectivity index (χ2n) is 4.02. The van der Waals surface area contributed by atoms with Crippen LogP contribution < -0.4 is 5.32 Å². The summed E-state index contributed by atoms with van der Waals surface area (Å²) in [6.45, 7) is 0.267. The number of hydrogen-bond donors (Lipinski definition) is 3. The van der Waals surface area contributed by atoms with Crippen molar-refractivity contribution in [2.45, 2.75) is 13.2 Å². The molecule has 0 spiro atoms. The number of carbonyl (C=O) groups is 1. The van der Waals surface area contributed by atoms with Crippen LogP contribution >= 0.6 is 0 Å². The minimum atomic E-state index is -0.283. The maximum Gasteiger partial charge on any atom is 0.268 e. The molecule has 5 heteroatoms. The molecule has 0 saturated heterocycles. The van der Waals surface area contributed by atoms with Crippen molar-refractivity contribution < 1.29 is 9.90 Å². The van der Waals surface area contributed by atoms with E-state index in [-0.39, 0.29) is 12.5 Å². The highest BCUT2D eigenvalue weighted by Crippen LogP contribution is 2.09. The van der Waals surface area contributed by atoms with Crippen molar-refractivity contribution in [1.29, 1.82) is 5.26 Å². The molecule has 0 radical (unpaired) electrons. The van der Waals surface area contributed by atoms with Crippen LogP contribution in [-0.2, 0) is 13.2 Å². The molecule has 1 heterocycles. The van der Waals surface area contributed by atoms with Gasteiger partial charge in [0.25, 0.3) is 5.91 Å². The van der Waals surface area contributed by atoms with Gasteiger partial charge in [0, 0.05) is 12.7 Å². The molecule has 96 valence electrons. The van der Waals surface area contributed by atoms with Crippen molar-refractivity contribution in [2.75, 3.05) is 0 Å². The average molecular weight is 255 g/mol. The Hall–Kier alpha value is -2.58. The first-order valence-electron chi connectivity index (χ1n) is 5.79. The Balaban J connectivity index is 2.02. The van der Waals surface area contributed by atoms with E-state index in [1.165, 1.54) is 12.3 Å². The van der Waals surface area contributed by atoms with E-state index >= 15 is 0 Å². The fraction of sp³-hybridized carbons (Fsp3) is 0.143. The number of H-pyrrole nitrogens is 1. The van der Waals surface area contributed by atoms with Gasteiger partial charge in [-0.3, -0.25) is 4.79 Å². The van der Waals surface area contributed by atoms with Gasteiger partial charge in [-0.1, -0.05) is 24.3 Å².